The molecule has 0 aliphatic rings. The van der Waals surface area contributed by atoms with E-state index in [0.29, 0.717) is 0 Å². The number of aryl methyl sites for hydroxylation is 3. The zero-order valence-corrected chi connectivity index (χ0v) is 13.6. The van der Waals surface area contributed by atoms with Crippen LogP contribution < -0.4 is 5.32 Å². The predicted octanol–water partition coefficient (Wildman–Crippen LogP) is 2.48. The third-order valence-corrected chi connectivity index (χ3v) is 3.75. The summed E-state index contributed by atoms with van der Waals surface area (Å²) < 4.78 is 4.17. The molecule has 5 nitrogen and oxygen atoms in total. The van der Waals surface area contributed by atoms with Crippen LogP contribution in [0, 0.1) is 0 Å². The monoisotopic (exact) mass is 289 g/mol. The summed E-state index contributed by atoms with van der Waals surface area (Å²) in [5.74, 6) is 1.15. The van der Waals surface area contributed by atoms with Crippen LogP contribution in [-0.4, -0.2) is 25.9 Å². The molecule has 2 heterocycles. The second-order valence-electron chi connectivity index (χ2n) is 5.41. The van der Waals surface area contributed by atoms with Gasteiger partial charge in [-0.3, -0.25) is 4.68 Å². The van der Waals surface area contributed by atoms with Crippen molar-refractivity contribution in [3.63, 3.8) is 0 Å². The fourth-order valence-electron chi connectivity index (χ4n) is 2.81. The molecular formula is C16H27N5. The van der Waals surface area contributed by atoms with Gasteiger partial charge in [-0.15, -0.1) is 0 Å². The molecule has 0 saturated heterocycles. The fraction of sp³-hybridized carbons (Fsp3) is 0.625. The highest BCUT2D eigenvalue weighted by Gasteiger charge is 2.19. The van der Waals surface area contributed by atoms with Gasteiger partial charge in [-0.2, -0.15) is 5.10 Å². The van der Waals surface area contributed by atoms with Gasteiger partial charge in [0, 0.05) is 50.2 Å². The normalized spacial score (nSPS) is 12.8. The standard InChI is InChI=1S/C16H27N5/c1-5-9-21-10-8-18-16(21)11-15(17-7-3)13-12-20(4)19-14(13)6-2/h8,10,12,15,17H,5-7,9,11H2,1-4H3. The Morgan fingerprint density at radius 3 is 2.76 bits per heavy atom. The van der Waals surface area contributed by atoms with Gasteiger partial charge in [0.1, 0.15) is 5.82 Å². The van der Waals surface area contributed by atoms with Crippen LogP contribution in [0.4, 0.5) is 0 Å². The summed E-state index contributed by atoms with van der Waals surface area (Å²) in [6.45, 7) is 8.47. The van der Waals surface area contributed by atoms with Gasteiger partial charge in [0.2, 0.25) is 0 Å². The Labute approximate surface area is 127 Å². The largest absolute Gasteiger partial charge is 0.335 e. The molecule has 0 radical (unpaired) electrons. The zero-order valence-electron chi connectivity index (χ0n) is 13.6. The molecule has 0 aliphatic carbocycles. The zero-order chi connectivity index (χ0) is 15.2. The van der Waals surface area contributed by atoms with Crippen LogP contribution in [0.1, 0.15) is 50.3 Å². The van der Waals surface area contributed by atoms with Crippen molar-refractivity contribution in [3.05, 3.63) is 35.7 Å². The van der Waals surface area contributed by atoms with Crippen molar-refractivity contribution in [2.24, 2.45) is 7.05 Å². The van der Waals surface area contributed by atoms with E-state index in [0.717, 1.165) is 38.2 Å². The number of aromatic nitrogens is 4. The first kappa shape index (κ1) is 15.8. The molecule has 116 valence electrons. The van der Waals surface area contributed by atoms with Crippen LogP contribution >= 0.6 is 0 Å². The third kappa shape index (κ3) is 3.73. The Morgan fingerprint density at radius 1 is 1.29 bits per heavy atom. The van der Waals surface area contributed by atoms with Crippen molar-refractivity contribution in [1.29, 1.82) is 0 Å². The summed E-state index contributed by atoms with van der Waals surface area (Å²) in [7, 11) is 1.99. The van der Waals surface area contributed by atoms with E-state index in [1.54, 1.807) is 0 Å². The van der Waals surface area contributed by atoms with Gasteiger partial charge >= 0.3 is 0 Å². The highest BCUT2D eigenvalue weighted by molar-refractivity contribution is 5.23. The Hall–Kier alpha value is -1.62. The average molecular weight is 289 g/mol. The minimum atomic E-state index is 0.275. The fourth-order valence-corrected chi connectivity index (χ4v) is 2.81. The van der Waals surface area contributed by atoms with Crippen LogP contribution in [0.25, 0.3) is 0 Å². The van der Waals surface area contributed by atoms with Crippen molar-refractivity contribution in [2.75, 3.05) is 6.54 Å². The van der Waals surface area contributed by atoms with Crippen molar-refractivity contribution in [2.45, 2.75) is 52.6 Å². The van der Waals surface area contributed by atoms with Gasteiger partial charge in [0.05, 0.1) is 5.69 Å². The summed E-state index contributed by atoms with van der Waals surface area (Å²) in [5, 5.41) is 8.16. The minimum Gasteiger partial charge on any atom is -0.335 e. The predicted molar refractivity (Wildman–Crippen MR) is 85.2 cm³/mol. The Bertz CT molecular complexity index is 555. The summed E-state index contributed by atoms with van der Waals surface area (Å²) in [6, 6.07) is 0.275. The molecule has 21 heavy (non-hydrogen) atoms. The first-order valence-electron chi connectivity index (χ1n) is 7.95. The molecule has 2 rings (SSSR count). The van der Waals surface area contributed by atoms with Crippen LogP contribution in [0.15, 0.2) is 18.6 Å². The average Bonchev–Trinajstić information content (AvgIpc) is 3.05. The molecule has 0 aliphatic heterocycles. The van der Waals surface area contributed by atoms with Gasteiger partial charge in [-0.05, 0) is 19.4 Å². The molecule has 0 bridgehead atoms. The minimum absolute atomic E-state index is 0.275. The number of rotatable bonds is 8. The van der Waals surface area contributed by atoms with E-state index in [-0.39, 0.29) is 6.04 Å². The molecule has 0 amide bonds. The van der Waals surface area contributed by atoms with Gasteiger partial charge < -0.3 is 9.88 Å². The summed E-state index contributed by atoms with van der Waals surface area (Å²) >= 11 is 0. The van der Waals surface area contributed by atoms with Crippen LogP contribution in [-0.2, 0) is 26.4 Å². The van der Waals surface area contributed by atoms with E-state index in [1.165, 1.54) is 11.3 Å². The summed E-state index contributed by atoms with van der Waals surface area (Å²) in [6.07, 6.45) is 9.10. The molecule has 0 spiro atoms. The molecule has 0 fully saturated rings. The highest BCUT2D eigenvalue weighted by atomic mass is 15.3. The number of nitrogens with one attached hydrogen (secondary N) is 1. The van der Waals surface area contributed by atoms with Gasteiger partial charge in [0.25, 0.3) is 0 Å². The lowest BCUT2D eigenvalue weighted by molar-refractivity contribution is 0.513. The van der Waals surface area contributed by atoms with E-state index in [4.69, 9.17) is 0 Å². The molecular weight excluding hydrogens is 262 g/mol. The molecule has 5 heteroatoms. The Morgan fingerprint density at radius 2 is 2.10 bits per heavy atom. The van der Waals surface area contributed by atoms with Crippen molar-refractivity contribution in [3.8, 4) is 0 Å². The Balaban J connectivity index is 2.24. The molecule has 0 saturated carbocycles. The molecule has 1 unspecified atom stereocenters. The number of imidazole rings is 1. The van der Waals surface area contributed by atoms with Gasteiger partial charge in [-0.25, -0.2) is 4.98 Å². The number of hydrogen-bond acceptors (Lipinski definition) is 3. The molecule has 2 aromatic heterocycles. The van der Waals surface area contributed by atoms with Gasteiger partial charge in [0.15, 0.2) is 0 Å². The van der Waals surface area contributed by atoms with Gasteiger partial charge in [-0.1, -0.05) is 20.8 Å². The number of nitrogens with zero attached hydrogens (tertiary/aromatic N) is 4. The van der Waals surface area contributed by atoms with Crippen LogP contribution in [0.2, 0.25) is 0 Å². The van der Waals surface area contributed by atoms with E-state index in [1.807, 2.05) is 17.9 Å². The second-order valence-corrected chi connectivity index (χ2v) is 5.41. The van der Waals surface area contributed by atoms with Crippen molar-refractivity contribution >= 4 is 0 Å². The maximum atomic E-state index is 4.57. The van der Waals surface area contributed by atoms with Crippen molar-refractivity contribution < 1.29 is 0 Å². The van der Waals surface area contributed by atoms with E-state index in [9.17, 15) is 0 Å². The van der Waals surface area contributed by atoms with E-state index < -0.39 is 0 Å². The molecule has 2 aromatic rings. The first-order valence-corrected chi connectivity index (χ1v) is 7.95. The lowest BCUT2D eigenvalue weighted by Gasteiger charge is -2.18. The van der Waals surface area contributed by atoms with Crippen LogP contribution in [0.3, 0.4) is 0 Å². The van der Waals surface area contributed by atoms with Crippen molar-refractivity contribution in [1.82, 2.24) is 24.6 Å². The maximum Gasteiger partial charge on any atom is 0.110 e. The van der Waals surface area contributed by atoms with E-state index >= 15 is 0 Å². The SMILES string of the molecule is CCCn1ccnc1CC(NCC)c1cn(C)nc1CC. The lowest BCUT2D eigenvalue weighted by atomic mass is 10.0. The quantitative estimate of drug-likeness (QED) is 0.812. The first-order chi connectivity index (χ1) is 10.2. The molecule has 0 aromatic carbocycles. The summed E-state index contributed by atoms with van der Waals surface area (Å²) in [5.41, 5.74) is 2.48. The Kier molecular flexibility index (Phi) is 5.56. The number of likely N-dealkylation sites (N-methyl/N-ethyl adjacent to an activating group) is 1. The molecule has 1 atom stereocenters. The highest BCUT2D eigenvalue weighted by Crippen LogP contribution is 2.21. The topological polar surface area (TPSA) is 47.7 Å². The molecule has 1 N–H and O–H groups in total. The van der Waals surface area contributed by atoms with E-state index in [2.05, 4.69) is 53.1 Å². The lowest BCUT2D eigenvalue weighted by Crippen LogP contribution is -2.25. The number of hydrogen-bond donors (Lipinski definition) is 1. The smallest absolute Gasteiger partial charge is 0.110 e. The maximum absolute atomic E-state index is 4.57. The summed E-state index contributed by atoms with van der Waals surface area (Å²) in [4.78, 5) is 4.54. The third-order valence-electron chi connectivity index (χ3n) is 3.75. The second kappa shape index (κ2) is 7.41. The van der Waals surface area contributed by atoms with Crippen LogP contribution in [0.5, 0.6) is 0 Å².